The van der Waals surface area contributed by atoms with Crippen LogP contribution in [0.1, 0.15) is 47.8 Å². The largest absolute Gasteiger partial charge is 0.352 e. The third-order valence-corrected chi connectivity index (χ3v) is 5.19. The quantitative estimate of drug-likeness (QED) is 0.913. The fraction of sp³-hybridized carbons (Fsp3) is 0.500. The van der Waals surface area contributed by atoms with Gasteiger partial charge in [-0.2, -0.15) is 5.10 Å². The summed E-state index contributed by atoms with van der Waals surface area (Å²) in [5.74, 6) is -0.0598. The zero-order chi connectivity index (χ0) is 16.4. The molecule has 1 aliphatic carbocycles. The molecule has 1 atom stereocenters. The van der Waals surface area contributed by atoms with Crippen molar-refractivity contribution in [3.8, 4) is 0 Å². The molecule has 0 radical (unpaired) electrons. The van der Waals surface area contributed by atoms with Crippen molar-refractivity contribution in [2.45, 2.75) is 44.3 Å². The number of aromatic nitrogens is 3. The molecule has 24 heavy (non-hydrogen) atoms. The number of carbonyl (C=O) groups is 1. The van der Waals surface area contributed by atoms with Crippen LogP contribution in [0.2, 0.25) is 0 Å². The number of amides is 1. The monoisotopic (exact) mass is 325 g/mol. The zero-order valence-corrected chi connectivity index (χ0v) is 13.8. The summed E-state index contributed by atoms with van der Waals surface area (Å²) in [6, 6.07) is 6.75. The number of pyridine rings is 1. The van der Waals surface area contributed by atoms with E-state index < -0.39 is 0 Å². The number of nitrogens with one attached hydrogen (secondary N) is 1. The first-order valence-electron chi connectivity index (χ1n) is 8.76. The van der Waals surface area contributed by atoms with Gasteiger partial charge in [-0.15, -0.1) is 0 Å². The van der Waals surface area contributed by atoms with Gasteiger partial charge >= 0.3 is 0 Å². The molecule has 4 rings (SSSR count). The molecule has 1 unspecified atom stereocenters. The predicted octanol–water partition coefficient (Wildman–Crippen LogP) is 2.01. The van der Waals surface area contributed by atoms with Crippen molar-refractivity contribution in [3.63, 3.8) is 0 Å². The minimum absolute atomic E-state index is 0.0598. The van der Waals surface area contributed by atoms with E-state index in [1.165, 1.54) is 25.0 Å². The third kappa shape index (κ3) is 3.06. The third-order valence-electron chi connectivity index (χ3n) is 5.19. The first-order valence-corrected chi connectivity index (χ1v) is 8.76. The molecule has 1 N–H and O–H groups in total. The van der Waals surface area contributed by atoms with E-state index >= 15 is 0 Å². The van der Waals surface area contributed by atoms with Gasteiger partial charge in [-0.05, 0) is 37.5 Å². The lowest BCUT2D eigenvalue weighted by Crippen LogP contribution is -2.47. The fourth-order valence-corrected chi connectivity index (χ4v) is 3.61. The second kappa shape index (κ2) is 6.73. The van der Waals surface area contributed by atoms with E-state index in [0.29, 0.717) is 18.2 Å². The van der Waals surface area contributed by atoms with E-state index in [2.05, 4.69) is 31.0 Å². The number of hydrogen-bond donors (Lipinski definition) is 1. The topological polar surface area (TPSA) is 63.1 Å². The highest BCUT2D eigenvalue weighted by Gasteiger charge is 2.32. The fourth-order valence-electron chi connectivity index (χ4n) is 3.61. The van der Waals surface area contributed by atoms with Crippen LogP contribution < -0.4 is 5.32 Å². The molecule has 6 heteroatoms. The second-order valence-electron chi connectivity index (χ2n) is 6.72. The number of carbonyl (C=O) groups excluding carboxylic acids is 1. The molecule has 0 spiro atoms. The summed E-state index contributed by atoms with van der Waals surface area (Å²) < 4.78 is 2.14. The smallest absolute Gasteiger partial charge is 0.252 e. The Labute approximate surface area is 141 Å². The Bertz CT molecular complexity index is 694. The summed E-state index contributed by atoms with van der Waals surface area (Å²) in [6.07, 6.45) is 10.0. The summed E-state index contributed by atoms with van der Waals surface area (Å²) in [4.78, 5) is 18.7. The number of hydrogen-bond acceptors (Lipinski definition) is 4. The second-order valence-corrected chi connectivity index (χ2v) is 6.72. The molecule has 2 aromatic heterocycles. The van der Waals surface area contributed by atoms with Crippen LogP contribution in [0.25, 0.3) is 0 Å². The van der Waals surface area contributed by atoms with Crippen molar-refractivity contribution in [3.05, 3.63) is 48.0 Å². The normalized spacial score (nSPS) is 21.1. The van der Waals surface area contributed by atoms with Crippen LogP contribution in [-0.4, -0.2) is 44.7 Å². The molecule has 0 bridgehead atoms. The number of rotatable bonds is 5. The summed E-state index contributed by atoms with van der Waals surface area (Å²) in [7, 11) is 0. The summed E-state index contributed by atoms with van der Waals surface area (Å²) in [5, 5.41) is 7.50. The van der Waals surface area contributed by atoms with Crippen LogP contribution in [0, 0.1) is 0 Å². The Balaban J connectivity index is 1.36. The van der Waals surface area contributed by atoms with Crippen molar-refractivity contribution in [1.29, 1.82) is 0 Å². The molecular formula is C18H23N5O. The summed E-state index contributed by atoms with van der Waals surface area (Å²) in [6.45, 7) is 2.68. The lowest BCUT2D eigenvalue weighted by Gasteiger charge is -2.42. The molecule has 3 heterocycles. The van der Waals surface area contributed by atoms with Crippen molar-refractivity contribution >= 4 is 5.91 Å². The highest BCUT2D eigenvalue weighted by Crippen LogP contribution is 2.31. The van der Waals surface area contributed by atoms with Crippen LogP contribution >= 0.6 is 0 Å². The van der Waals surface area contributed by atoms with Crippen LogP contribution in [0.4, 0.5) is 0 Å². The maximum atomic E-state index is 12.1. The van der Waals surface area contributed by atoms with E-state index in [1.54, 1.807) is 24.5 Å². The Kier molecular flexibility index (Phi) is 4.30. The van der Waals surface area contributed by atoms with Crippen LogP contribution in [-0.2, 0) is 6.54 Å². The molecule has 1 fully saturated rings. The molecule has 1 saturated carbocycles. The van der Waals surface area contributed by atoms with Gasteiger partial charge in [0.15, 0.2) is 0 Å². The van der Waals surface area contributed by atoms with Gasteiger partial charge in [0, 0.05) is 44.3 Å². The predicted molar refractivity (Wildman–Crippen MR) is 90.5 cm³/mol. The Morgan fingerprint density at radius 1 is 1.29 bits per heavy atom. The van der Waals surface area contributed by atoms with E-state index in [-0.39, 0.29) is 5.91 Å². The van der Waals surface area contributed by atoms with Crippen molar-refractivity contribution in [2.75, 3.05) is 13.1 Å². The molecule has 1 aliphatic heterocycles. The Morgan fingerprint density at radius 3 is 2.96 bits per heavy atom. The van der Waals surface area contributed by atoms with Gasteiger partial charge in [-0.1, -0.05) is 6.42 Å². The maximum Gasteiger partial charge on any atom is 0.252 e. The van der Waals surface area contributed by atoms with Gasteiger partial charge in [0.25, 0.3) is 5.91 Å². The first-order chi connectivity index (χ1) is 11.8. The molecule has 2 aliphatic rings. The standard InChI is InChI=1S/C18H23N5O/c24-18(14-3-2-8-19-11-14)20-9-6-16-12-22(15-4-1-5-15)13-17-7-10-21-23(16)17/h2-3,7-8,10-11,15-16H,1,4-6,9,12-13H2,(H,20,24). The molecule has 1 amide bonds. The molecule has 126 valence electrons. The van der Waals surface area contributed by atoms with Crippen LogP contribution in [0.3, 0.4) is 0 Å². The van der Waals surface area contributed by atoms with Gasteiger partial charge in [-0.25, -0.2) is 0 Å². The van der Waals surface area contributed by atoms with Gasteiger partial charge in [0.2, 0.25) is 0 Å². The lowest BCUT2D eigenvalue weighted by molar-refractivity contribution is 0.0723. The molecular weight excluding hydrogens is 302 g/mol. The van der Waals surface area contributed by atoms with Crippen molar-refractivity contribution in [1.82, 2.24) is 25.0 Å². The van der Waals surface area contributed by atoms with Gasteiger partial charge in [0.05, 0.1) is 17.3 Å². The molecule has 0 saturated heterocycles. The van der Waals surface area contributed by atoms with Gasteiger partial charge in [0.1, 0.15) is 0 Å². The van der Waals surface area contributed by atoms with Crippen molar-refractivity contribution < 1.29 is 4.79 Å². The minimum Gasteiger partial charge on any atom is -0.352 e. The van der Waals surface area contributed by atoms with Gasteiger partial charge < -0.3 is 5.32 Å². The zero-order valence-electron chi connectivity index (χ0n) is 13.8. The van der Waals surface area contributed by atoms with E-state index in [0.717, 1.165) is 25.6 Å². The van der Waals surface area contributed by atoms with E-state index in [4.69, 9.17) is 0 Å². The molecule has 6 nitrogen and oxygen atoms in total. The van der Waals surface area contributed by atoms with E-state index in [1.807, 2.05) is 6.20 Å². The highest BCUT2D eigenvalue weighted by atomic mass is 16.1. The van der Waals surface area contributed by atoms with Gasteiger partial charge in [-0.3, -0.25) is 19.4 Å². The van der Waals surface area contributed by atoms with E-state index in [9.17, 15) is 4.79 Å². The molecule has 2 aromatic rings. The van der Waals surface area contributed by atoms with Crippen LogP contribution in [0.5, 0.6) is 0 Å². The number of nitrogens with zero attached hydrogens (tertiary/aromatic N) is 4. The first kappa shape index (κ1) is 15.3. The Morgan fingerprint density at radius 2 is 2.21 bits per heavy atom. The average molecular weight is 325 g/mol. The maximum absolute atomic E-state index is 12.1. The summed E-state index contributed by atoms with van der Waals surface area (Å²) in [5.41, 5.74) is 1.90. The Hall–Kier alpha value is -2.21. The minimum atomic E-state index is -0.0598. The lowest BCUT2D eigenvalue weighted by atomic mass is 9.90. The average Bonchev–Trinajstić information content (AvgIpc) is 3.02. The number of fused-ring (bicyclic) bond motifs is 1. The SMILES string of the molecule is O=C(NCCC1CN(C2CCC2)Cc2ccnn21)c1cccnc1. The molecule has 0 aromatic carbocycles. The summed E-state index contributed by atoms with van der Waals surface area (Å²) >= 11 is 0. The van der Waals surface area contributed by atoms with Crippen LogP contribution in [0.15, 0.2) is 36.8 Å². The highest BCUT2D eigenvalue weighted by molar-refractivity contribution is 5.93. The van der Waals surface area contributed by atoms with Crippen molar-refractivity contribution in [2.24, 2.45) is 0 Å².